The first-order valence-corrected chi connectivity index (χ1v) is 6.47. The molecule has 0 saturated carbocycles. The van der Waals surface area contributed by atoms with Gasteiger partial charge in [0.2, 0.25) is 5.91 Å². The van der Waals surface area contributed by atoms with E-state index in [-0.39, 0.29) is 23.7 Å². The van der Waals surface area contributed by atoms with Crippen LogP contribution in [-0.2, 0) is 9.53 Å². The molecule has 2 heterocycles. The van der Waals surface area contributed by atoms with Crippen molar-refractivity contribution in [1.82, 2.24) is 0 Å². The number of amides is 1. The van der Waals surface area contributed by atoms with Crippen molar-refractivity contribution in [2.45, 2.75) is 6.04 Å². The fourth-order valence-electron chi connectivity index (χ4n) is 2.51. The lowest BCUT2D eigenvalue weighted by molar-refractivity contribution is -0.120. The van der Waals surface area contributed by atoms with Crippen molar-refractivity contribution in [3.05, 3.63) is 22.4 Å². The zero-order chi connectivity index (χ0) is 12.9. The van der Waals surface area contributed by atoms with Crippen LogP contribution in [0.15, 0.2) is 16.6 Å². The van der Waals surface area contributed by atoms with E-state index < -0.39 is 0 Å². The second-order valence-corrected chi connectivity index (χ2v) is 5.45. The molecule has 0 radical (unpaired) electrons. The van der Waals surface area contributed by atoms with Gasteiger partial charge in [-0.2, -0.15) is 0 Å². The van der Waals surface area contributed by atoms with Crippen LogP contribution >= 0.6 is 15.9 Å². The third-order valence-electron chi connectivity index (χ3n) is 3.56. The second-order valence-electron chi connectivity index (χ2n) is 4.59. The van der Waals surface area contributed by atoms with Crippen molar-refractivity contribution in [1.29, 1.82) is 0 Å². The summed E-state index contributed by atoms with van der Waals surface area (Å²) < 4.78 is 19.3. The van der Waals surface area contributed by atoms with Crippen molar-refractivity contribution in [2.75, 3.05) is 30.5 Å². The molecule has 4 nitrogen and oxygen atoms in total. The van der Waals surface area contributed by atoms with Crippen molar-refractivity contribution in [2.24, 2.45) is 5.92 Å². The van der Waals surface area contributed by atoms with E-state index in [4.69, 9.17) is 4.74 Å². The molecular formula is C12H12BrFN2O2. The molecule has 2 atom stereocenters. The van der Waals surface area contributed by atoms with Gasteiger partial charge in [0.15, 0.2) is 0 Å². The summed E-state index contributed by atoms with van der Waals surface area (Å²) in [5, 5.41) is 2.84. The van der Waals surface area contributed by atoms with Gasteiger partial charge >= 0.3 is 0 Å². The lowest BCUT2D eigenvalue weighted by Gasteiger charge is -2.27. The van der Waals surface area contributed by atoms with Crippen LogP contribution in [0.1, 0.15) is 0 Å². The monoisotopic (exact) mass is 314 g/mol. The van der Waals surface area contributed by atoms with Gasteiger partial charge in [-0.1, -0.05) is 0 Å². The lowest BCUT2D eigenvalue weighted by atomic mass is 10.0. The van der Waals surface area contributed by atoms with Crippen LogP contribution in [0.3, 0.4) is 0 Å². The summed E-state index contributed by atoms with van der Waals surface area (Å²) >= 11 is 3.13. The zero-order valence-corrected chi connectivity index (χ0v) is 11.3. The molecule has 2 aliphatic rings. The first-order chi connectivity index (χ1) is 8.58. The average molecular weight is 315 g/mol. The number of hydrogen-bond acceptors (Lipinski definition) is 3. The van der Waals surface area contributed by atoms with Gasteiger partial charge < -0.3 is 15.0 Å². The summed E-state index contributed by atoms with van der Waals surface area (Å²) in [7, 11) is 1.86. The van der Waals surface area contributed by atoms with Crippen molar-refractivity contribution in [3.8, 4) is 0 Å². The maximum Gasteiger partial charge on any atom is 0.232 e. The number of rotatable bonds is 0. The van der Waals surface area contributed by atoms with Gasteiger partial charge in [-0.25, -0.2) is 4.39 Å². The van der Waals surface area contributed by atoms with Crippen LogP contribution in [0.5, 0.6) is 0 Å². The number of hydrogen-bond donors (Lipinski definition) is 1. The van der Waals surface area contributed by atoms with Crippen molar-refractivity contribution >= 4 is 33.2 Å². The maximum atomic E-state index is 13.6. The number of carbonyl (C=O) groups is 1. The molecule has 0 aliphatic carbocycles. The summed E-state index contributed by atoms with van der Waals surface area (Å²) in [6, 6.07) is 2.99. The van der Waals surface area contributed by atoms with Crippen molar-refractivity contribution < 1.29 is 13.9 Å². The Morgan fingerprint density at radius 3 is 3.06 bits per heavy atom. The molecule has 0 spiro atoms. The molecule has 1 amide bonds. The molecule has 1 aromatic carbocycles. The molecule has 6 heteroatoms. The number of halogens is 2. The highest BCUT2D eigenvalue weighted by Gasteiger charge is 2.40. The standard InChI is InChI=1S/C12H12BrFN2O2/c1-16-10-3-8(14)7(13)2-9(10)15-12(17)6-4-18-5-11(6)16/h2-3,6,11H,4-5H2,1H3,(H,15,17). The number of benzene rings is 1. The van der Waals surface area contributed by atoms with Gasteiger partial charge in [0.1, 0.15) is 5.82 Å². The Labute approximate surface area is 112 Å². The van der Waals surface area contributed by atoms with Gasteiger partial charge in [0, 0.05) is 13.1 Å². The van der Waals surface area contributed by atoms with Gasteiger partial charge in [0.25, 0.3) is 0 Å². The highest BCUT2D eigenvalue weighted by molar-refractivity contribution is 9.10. The van der Waals surface area contributed by atoms with Gasteiger partial charge in [-0.05, 0) is 22.0 Å². The normalized spacial score (nSPS) is 26.4. The molecule has 1 aromatic rings. The predicted octanol–water partition coefficient (Wildman–Crippen LogP) is 1.99. The number of nitrogens with one attached hydrogen (secondary N) is 1. The topological polar surface area (TPSA) is 41.6 Å². The van der Waals surface area contributed by atoms with Crippen LogP contribution < -0.4 is 10.2 Å². The first-order valence-electron chi connectivity index (χ1n) is 5.68. The fourth-order valence-corrected chi connectivity index (χ4v) is 2.85. The third-order valence-corrected chi connectivity index (χ3v) is 4.17. The van der Waals surface area contributed by atoms with Gasteiger partial charge in [0.05, 0.1) is 41.0 Å². The van der Waals surface area contributed by atoms with E-state index in [1.165, 1.54) is 6.07 Å². The van der Waals surface area contributed by atoms with Gasteiger partial charge in [-0.15, -0.1) is 0 Å². The SMILES string of the molecule is CN1c2cc(F)c(Br)cc2NC(=O)C2COCC21. The van der Waals surface area contributed by atoms with Crippen LogP contribution in [0.2, 0.25) is 0 Å². The molecule has 18 heavy (non-hydrogen) atoms. The minimum atomic E-state index is -0.341. The molecule has 0 bridgehead atoms. The van der Waals surface area contributed by atoms with Crippen molar-refractivity contribution in [3.63, 3.8) is 0 Å². The number of likely N-dealkylation sites (N-methyl/N-ethyl adjacent to an activating group) is 1. The molecule has 1 saturated heterocycles. The third kappa shape index (κ3) is 1.71. The Kier molecular flexibility index (Phi) is 2.79. The molecule has 2 unspecified atom stereocenters. The maximum absolute atomic E-state index is 13.6. The quantitative estimate of drug-likeness (QED) is 0.796. The summed E-state index contributed by atoms with van der Waals surface area (Å²) in [4.78, 5) is 14.0. The molecule has 96 valence electrons. The van der Waals surface area contributed by atoms with Crippen LogP contribution in [0, 0.1) is 11.7 Å². The number of anilines is 2. The fraction of sp³-hybridized carbons (Fsp3) is 0.417. The molecule has 2 aliphatic heterocycles. The van der Waals surface area contributed by atoms with E-state index in [9.17, 15) is 9.18 Å². The summed E-state index contributed by atoms with van der Waals surface area (Å²) in [6.45, 7) is 0.907. The minimum Gasteiger partial charge on any atom is -0.378 e. The lowest BCUT2D eigenvalue weighted by Crippen LogP contribution is -2.40. The Morgan fingerprint density at radius 1 is 1.50 bits per heavy atom. The van der Waals surface area contributed by atoms with E-state index in [0.29, 0.717) is 29.1 Å². The Bertz CT molecular complexity index is 523. The summed E-state index contributed by atoms with van der Waals surface area (Å²) in [6.07, 6.45) is 0. The Balaban J connectivity index is 2.11. The van der Waals surface area contributed by atoms with E-state index in [1.807, 2.05) is 11.9 Å². The van der Waals surface area contributed by atoms with Crippen LogP contribution in [0.4, 0.5) is 15.8 Å². The number of nitrogens with zero attached hydrogens (tertiary/aromatic N) is 1. The molecule has 3 rings (SSSR count). The summed E-state index contributed by atoms with van der Waals surface area (Å²) in [5.74, 6) is -0.613. The second kappa shape index (κ2) is 4.20. The zero-order valence-electron chi connectivity index (χ0n) is 9.74. The Morgan fingerprint density at radius 2 is 2.28 bits per heavy atom. The van der Waals surface area contributed by atoms with E-state index in [1.54, 1.807) is 6.07 Å². The Hall–Kier alpha value is -1.14. The van der Waals surface area contributed by atoms with Crippen LogP contribution in [0.25, 0.3) is 0 Å². The van der Waals surface area contributed by atoms with E-state index >= 15 is 0 Å². The highest BCUT2D eigenvalue weighted by Crippen LogP contribution is 2.37. The largest absolute Gasteiger partial charge is 0.378 e. The minimum absolute atomic E-state index is 0.0353. The highest BCUT2D eigenvalue weighted by atomic mass is 79.9. The number of fused-ring (bicyclic) bond motifs is 2. The van der Waals surface area contributed by atoms with E-state index in [0.717, 1.165) is 0 Å². The first kappa shape index (κ1) is 11.9. The number of ether oxygens (including phenoxy) is 1. The smallest absolute Gasteiger partial charge is 0.232 e. The average Bonchev–Trinajstić information content (AvgIpc) is 2.78. The predicted molar refractivity (Wildman–Crippen MR) is 69.2 cm³/mol. The van der Waals surface area contributed by atoms with Gasteiger partial charge in [-0.3, -0.25) is 4.79 Å². The molecule has 1 N–H and O–H groups in total. The molecule has 1 fully saturated rings. The summed E-state index contributed by atoms with van der Waals surface area (Å²) in [5.41, 5.74) is 1.31. The van der Waals surface area contributed by atoms with Crippen LogP contribution in [-0.4, -0.2) is 32.2 Å². The van der Waals surface area contributed by atoms with E-state index in [2.05, 4.69) is 21.2 Å². The molecule has 0 aromatic heterocycles. The molecular weight excluding hydrogens is 303 g/mol. The number of carbonyl (C=O) groups excluding carboxylic acids is 1.